The van der Waals surface area contributed by atoms with Gasteiger partial charge in [0.15, 0.2) is 0 Å². The third kappa shape index (κ3) is 5.08. The van der Waals surface area contributed by atoms with E-state index < -0.39 is 12.2 Å². The van der Waals surface area contributed by atoms with Crippen LogP contribution in [0.2, 0.25) is 0 Å². The Balaban J connectivity index is 1.86. The Kier molecular flexibility index (Phi) is 4.98. The highest BCUT2D eigenvalue weighted by Crippen LogP contribution is 2.22. The number of hydrogen-bond donors (Lipinski definition) is 0. The molecule has 0 aliphatic heterocycles. The molecule has 0 aliphatic carbocycles. The van der Waals surface area contributed by atoms with E-state index in [9.17, 15) is 17.6 Å². The van der Waals surface area contributed by atoms with Crippen molar-refractivity contribution >= 4 is 6.21 Å². The van der Waals surface area contributed by atoms with Gasteiger partial charge < -0.3 is 9.57 Å². The fourth-order valence-electron chi connectivity index (χ4n) is 1.53. The van der Waals surface area contributed by atoms with Crippen LogP contribution in [0.1, 0.15) is 11.1 Å². The van der Waals surface area contributed by atoms with Crippen molar-refractivity contribution in [1.29, 1.82) is 0 Å². The predicted molar refractivity (Wildman–Crippen MR) is 70.9 cm³/mol. The van der Waals surface area contributed by atoms with Gasteiger partial charge in [0.05, 0.1) is 0 Å². The van der Waals surface area contributed by atoms with Gasteiger partial charge in [-0.05, 0) is 29.8 Å². The van der Waals surface area contributed by atoms with Crippen molar-refractivity contribution in [2.24, 2.45) is 5.16 Å². The van der Waals surface area contributed by atoms with E-state index in [0.29, 0.717) is 5.56 Å². The van der Waals surface area contributed by atoms with E-state index in [2.05, 4.69) is 16.1 Å². The summed E-state index contributed by atoms with van der Waals surface area (Å²) < 4.78 is 52.9. The molecule has 0 heterocycles. The summed E-state index contributed by atoms with van der Waals surface area (Å²) in [6, 6.07) is 11.0. The summed E-state index contributed by atoms with van der Waals surface area (Å²) in [5.74, 6) is -0.804. The molecule has 2 aromatic rings. The van der Waals surface area contributed by atoms with Gasteiger partial charge in [-0.25, -0.2) is 4.39 Å². The van der Waals surface area contributed by atoms with Crippen LogP contribution in [0.15, 0.2) is 53.7 Å². The van der Waals surface area contributed by atoms with Gasteiger partial charge in [-0.1, -0.05) is 29.4 Å². The van der Waals surface area contributed by atoms with Crippen molar-refractivity contribution in [2.75, 3.05) is 0 Å². The van der Waals surface area contributed by atoms with Crippen molar-refractivity contribution in [1.82, 2.24) is 0 Å². The van der Waals surface area contributed by atoms with E-state index >= 15 is 0 Å². The van der Waals surface area contributed by atoms with Crippen LogP contribution in [0.4, 0.5) is 17.6 Å². The third-order valence-electron chi connectivity index (χ3n) is 2.49. The summed E-state index contributed by atoms with van der Waals surface area (Å²) >= 11 is 0. The second-order valence-electron chi connectivity index (χ2n) is 4.15. The van der Waals surface area contributed by atoms with Crippen LogP contribution in [0.25, 0.3) is 0 Å². The number of alkyl halides is 3. The van der Waals surface area contributed by atoms with E-state index in [1.54, 1.807) is 6.07 Å². The fourth-order valence-corrected chi connectivity index (χ4v) is 1.53. The lowest BCUT2D eigenvalue weighted by molar-refractivity contribution is -0.274. The summed E-state index contributed by atoms with van der Waals surface area (Å²) in [6.45, 7) is 0.00769. The molecule has 0 saturated carbocycles. The first-order chi connectivity index (χ1) is 10.4. The van der Waals surface area contributed by atoms with Crippen LogP contribution in [-0.4, -0.2) is 12.6 Å². The molecule has 2 aromatic carbocycles. The SMILES string of the molecule is Fc1ccccc1/[C]=N\OCc1ccc(OC(F)(F)F)cc1. The summed E-state index contributed by atoms with van der Waals surface area (Å²) in [7, 11) is 0. The fraction of sp³-hybridized carbons (Fsp3) is 0.133. The molecule has 0 fully saturated rings. The van der Waals surface area contributed by atoms with Crippen molar-refractivity contribution in [2.45, 2.75) is 13.0 Å². The molecule has 115 valence electrons. The molecule has 22 heavy (non-hydrogen) atoms. The molecular formula is C15H10F4NO2. The molecule has 0 unspecified atom stereocenters. The molecule has 0 N–H and O–H groups in total. The van der Waals surface area contributed by atoms with E-state index in [0.717, 1.165) is 12.1 Å². The Morgan fingerprint density at radius 2 is 1.68 bits per heavy atom. The highest BCUT2D eigenvalue weighted by atomic mass is 19.4. The molecule has 0 bridgehead atoms. The molecule has 0 aromatic heterocycles. The molecule has 2 rings (SSSR count). The van der Waals surface area contributed by atoms with Gasteiger partial charge in [-0.2, -0.15) is 0 Å². The zero-order valence-corrected chi connectivity index (χ0v) is 11.1. The second-order valence-corrected chi connectivity index (χ2v) is 4.15. The van der Waals surface area contributed by atoms with Gasteiger partial charge in [0.1, 0.15) is 24.4 Å². The van der Waals surface area contributed by atoms with Crippen molar-refractivity contribution in [3.05, 3.63) is 65.5 Å². The number of benzene rings is 2. The summed E-state index contributed by atoms with van der Waals surface area (Å²) in [5, 5.41) is 3.48. The van der Waals surface area contributed by atoms with Crippen LogP contribution in [0.5, 0.6) is 5.75 Å². The molecule has 0 amide bonds. The lowest BCUT2D eigenvalue weighted by Gasteiger charge is -2.08. The van der Waals surface area contributed by atoms with Gasteiger partial charge in [0.25, 0.3) is 0 Å². The lowest BCUT2D eigenvalue weighted by Crippen LogP contribution is -2.17. The Hall–Kier alpha value is -2.57. The van der Waals surface area contributed by atoms with Crippen LogP contribution in [0, 0.1) is 5.82 Å². The van der Waals surface area contributed by atoms with Crippen molar-refractivity contribution in [3.63, 3.8) is 0 Å². The molecule has 0 saturated heterocycles. The Morgan fingerprint density at radius 1 is 1.00 bits per heavy atom. The Morgan fingerprint density at radius 3 is 2.32 bits per heavy atom. The number of nitrogens with zero attached hydrogens (tertiary/aromatic N) is 1. The summed E-state index contributed by atoms with van der Waals surface area (Å²) in [4.78, 5) is 4.90. The second kappa shape index (κ2) is 6.93. The zero-order valence-electron chi connectivity index (χ0n) is 11.1. The van der Waals surface area contributed by atoms with Gasteiger partial charge in [0.2, 0.25) is 0 Å². The average Bonchev–Trinajstić information content (AvgIpc) is 2.45. The molecular weight excluding hydrogens is 302 g/mol. The lowest BCUT2D eigenvalue weighted by atomic mass is 10.2. The monoisotopic (exact) mass is 312 g/mol. The minimum Gasteiger partial charge on any atom is -0.406 e. The van der Waals surface area contributed by atoms with Gasteiger partial charge >= 0.3 is 6.36 Å². The standard InChI is InChI=1S/C15H10F4NO2/c16-14-4-2-1-3-12(14)9-20-21-10-11-5-7-13(8-6-11)22-15(17,18)19/h1-8H,10H2. The van der Waals surface area contributed by atoms with Gasteiger partial charge in [0, 0.05) is 5.56 Å². The quantitative estimate of drug-likeness (QED) is 0.472. The minimum absolute atomic E-state index is 0.00769. The molecule has 0 aliphatic rings. The van der Waals surface area contributed by atoms with Crippen LogP contribution >= 0.6 is 0 Å². The maximum absolute atomic E-state index is 13.2. The smallest absolute Gasteiger partial charge is 0.406 e. The third-order valence-corrected chi connectivity index (χ3v) is 2.49. The summed E-state index contributed by atoms with van der Waals surface area (Å²) in [5.41, 5.74) is 0.727. The van der Waals surface area contributed by atoms with Crippen LogP contribution in [0.3, 0.4) is 0 Å². The highest BCUT2D eigenvalue weighted by Gasteiger charge is 2.30. The van der Waals surface area contributed by atoms with Gasteiger partial charge in [-0.3, -0.25) is 0 Å². The maximum atomic E-state index is 13.2. The molecule has 3 nitrogen and oxygen atoms in total. The molecule has 7 heteroatoms. The Bertz CT molecular complexity index is 639. The predicted octanol–water partition coefficient (Wildman–Crippen LogP) is 4.15. The maximum Gasteiger partial charge on any atom is 0.573 e. The van der Waals surface area contributed by atoms with Crippen molar-refractivity contribution < 1.29 is 27.1 Å². The molecule has 0 atom stereocenters. The first-order valence-corrected chi connectivity index (χ1v) is 6.11. The van der Waals surface area contributed by atoms with E-state index in [1.165, 1.54) is 30.3 Å². The van der Waals surface area contributed by atoms with Crippen molar-refractivity contribution in [3.8, 4) is 5.75 Å². The average molecular weight is 312 g/mol. The Labute approximate surface area is 123 Å². The minimum atomic E-state index is -4.73. The molecule has 0 spiro atoms. The van der Waals surface area contributed by atoms with E-state index in [-0.39, 0.29) is 17.9 Å². The van der Waals surface area contributed by atoms with E-state index in [1.807, 2.05) is 0 Å². The van der Waals surface area contributed by atoms with Crippen LogP contribution < -0.4 is 4.74 Å². The summed E-state index contributed by atoms with van der Waals surface area (Å²) in [6.07, 6.45) is -2.35. The largest absolute Gasteiger partial charge is 0.573 e. The first kappa shape index (κ1) is 15.8. The first-order valence-electron chi connectivity index (χ1n) is 6.11. The topological polar surface area (TPSA) is 30.8 Å². The zero-order chi connectivity index (χ0) is 16.0. The normalized spacial score (nSPS) is 11.6. The highest BCUT2D eigenvalue weighted by molar-refractivity contribution is 5.79. The number of hydrogen-bond acceptors (Lipinski definition) is 3. The van der Waals surface area contributed by atoms with E-state index in [4.69, 9.17) is 4.84 Å². The number of rotatable bonds is 5. The number of halogens is 4. The number of ether oxygens (including phenoxy) is 1. The van der Waals surface area contributed by atoms with Crippen LogP contribution in [-0.2, 0) is 11.4 Å². The molecule has 1 radical (unpaired) electrons. The van der Waals surface area contributed by atoms with Gasteiger partial charge in [-0.15, -0.1) is 13.2 Å².